The highest BCUT2D eigenvalue weighted by molar-refractivity contribution is 5.89. The van der Waals surface area contributed by atoms with Crippen molar-refractivity contribution in [1.29, 1.82) is 0 Å². The van der Waals surface area contributed by atoms with Gasteiger partial charge in [0.15, 0.2) is 0 Å². The Bertz CT molecular complexity index is 561. The maximum absolute atomic E-state index is 10.1. The summed E-state index contributed by atoms with van der Waals surface area (Å²) in [6, 6.07) is 5.62. The highest BCUT2D eigenvalue weighted by Gasteiger charge is 2.15. The number of benzene rings is 1. The van der Waals surface area contributed by atoms with Gasteiger partial charge < -0.3 is 19.3 Å². The molecular formula is C15H22N2O2. The fourth-order valence-corrected chi connectivity index (χ4v) is 2.32. The van der Waals surface area contributed by atoms with Crippen LogP contribution in [0.4, 0.5) is 0 Å². The second kappa shape index (κ2) is 5.63. The van der Waals surface area contributed by atoms with Crippen LogP contribution in [0.25, 0.3) is 10.9 Å². The summed E-state index contributed by atoms with van der Waals surface area (Å²) in [5, 5.41) is 11.1. The first-order valence-electron chi connectivity index (χ1n) is 6.53. The minimum absolute atomic E-state index is 0.0441. The molecule has 0 fully saturated rings. The molecule has 0 saturated carbocycles. The van der Waals surface area contributed by atoms with Crippen LogP contribution < -0.4 is 0 Å². The van der Waals surface area contributed by atoms with Crippen LogP contribution in [0.3, 0.4) is 0 Å². The van der Waals surface area contributed by atoms with Crippen LogP contribution in [-0.2, 0) is 11.2 Å². The van der Waals surface area contributed by atoms with Crippen LogP contribution in [0.1, 0.15) is 18.7 Å². The Hall–Kier alpha value is -1.52. The van der Waals surface area contributed by atoms with Crippen molar-refractivity contribution in [2.45, 2.75) is 19.6 Å². The standard InChI is InChI=1S/C15H22N2O2/c1-11(19-4)17-10-12(8-9-16(2)3)15-13(17)6-5-7-14(15)18/h5-7,10-11,18H,8-9H2,1-4H3. The molecule has 1 N–H and O–H groups in total. The van der Waals surface area contributed by atoms with E-state index in [1.54, 1.807) is 13.2 Å². The summed E-state index contributed by atoms with van der Waals surface area (Å²) in [6.45, 7) is 2.95. The molecular weight excluding hydrogens is 240 g/mol. The Morgan fingerprint density at radius 2 is 2.11 bits per heavy atom. The lowest BCUT2D eigenvalue weighted by Gasteiger charge is -2.13. The highest BCUT2D eigenvalue weighted by Crippen LogP contribution is 2.32. The average molecular weight is 262 g/mol. The molecule has 2 aromatic rings. The van der Waals surface area contributed by atoms with E-state index in [0.29, 0.717) is 5.75 Å². The van der Waals surface area contributed by atoms with Gasteiger partial charge in [-0.05, 0) is 45.1 Å². The smallest absolute Gasteiger partial charge is 0.130 e. The van der Waals surface area contributed by atoms with Crippen LogP contribution >= 0.6 is 0 Å². The molecule has 0 aliphatic rings. The molecule has 1 unspecified atom stereocenters. The number of rotatable bonds is 5. The van der Waals surface area contributed by atoms with Gasteiger partial charge in [0.25, 0.3) is 0 Å². The van der Waals surface area contributed by atoms with Gasteiger partial charge in [-0.1, -0.05) is 6.07 Å². The monoisotopic (exact) mass is 262 g/mol. The summed E-state index contributed by atoms with van der Waals surface area (Å²) >= 11 is 0. The number of ether oxygens (including phenoxy) is 1. The number of phenolic OH excluding ortho intramolecular Hbond substituents is 1. The predicted molar refractivity (Wildman–Crippen MR) is 77.6 cm³/mol. The number of nitrogens with zero attached hydrogens (tertiary/aromatic N) is 2. The highest BCUT2D eigenvalue weighted by atomic mass is 16.5. The third-order valence-electron chi connectivity index (χ3n) is 3.48. The average Bonchev–Trinajstić information content (AvgIpc) is 2.76. The van der Waals surface area contributed by atoms with Gasteiger partial charge in [-0.25, -0.2) is 0 Å². The molecule has 0 spiro atoms. The lowest BCUT2D eigenvalue weighted by Crippen LogP contribution is -2.15. The molecule has 0 radical (unpaired) electrons. The zero-order valence-electron chi connectivity index (χ0n) is 12.1. The van der Waals surface area contributed by atoms with E-state index < -0.39 is 0 Å². The number of aromatic hydroxyl groups is 1. The molecule has 4 nitrogen and oxygen atoms in total. The van der Waals surface area contributed by atoms with Crippen LogP contribution in [-0.4, -0.2) is 42.3 Å². The number of phenols is 1. The van der Waals surface area contributed by atoms with E-state index in [0.717, 1.165) is 29.4 Å². The van der Waals surface area contributed by atoms with E-state index in [9.17, 15) is 5.11 Å². The van der Waals surface area contributed by atoms with Crippen LogP contribution in [0, 0.1) is 0 Å². The molecule has 1 aromatic heterocycles. The summed E-state index contributed by atoms with van der Waals surface area (Å²) in [5.41, 5.74) is 2.17. The van der Waals surface area contributed by atoms with Gasteiger partial charge in [0, 0.05) is 25.2 Å². The molecule has 0 bridgehead atoms. The van der Waals surface area contributed by atoms with Crippen LogP contribution in [0.2, 0.25) is 0 Å². The normalized spacial score (nSPS) is 13.3. The zero-order valence-corrected chi connectivity index (χ0v) is 12.1. The summed E-state index contributed by atoms with van der Waals surface area (Å²) in [7, 11) is 5.80. The topological polar surface area (TPSA) is 37.6 Å². The van der Waals surface area contributed by atoms with Crippen molar-refractivity contribution >= 4 is 10.9 Å². The second-order valence-corrected chi connectivity index (χ2v) is 5.12. The number of hydrogen-bond donors (Lipinski definition) is 1. The lowest BCUT2D eigenvalue weighted by atomic mass is 10.1. The van der Waals surface area contributed by atoms with Gasteiger partial charge in [-0.15, -0.1) is 0 Å². The van der Waals surface area contributed by atoms with Crippen molar-refractivity contribution < 1.29 is 9.84 Å². The molecule has 0 aliphatic heterocycles. The number of methoxy groups -OCH3 is 1. The van der Waals surface area contributed by atoms with Crippen LogP contribution in [0.5, 0.6) is 5.75 Å². The Morgan fingerprint density at radius 1 is 1.37 bits per heavy atom. The molecule has 1 aromatic carbocycles. The van der Waals surface area contributed by atoms with Gasteiger partial charge in [0.2, 0.25) is 0 Å². The molecule has 1 atom stereocenters. The lowest BCUT2D eigenvalue weighted by molar-refractivity contribution is 0.0641. The van der Waals surface area contributed by atoms with Crippen molar-refractivity contribution in [3.63, 3.8) is 0 Å². The minimum atomic E-state index is -0.0441. The molecule has 0 aliphatic carbocycles. The molecule has 1 heterocycles. The predicted octanol–water partition coefficient (Wildman–Crippen LogP) is 2.62. The van der Waals surface area contributed by atoms with Gasteiger partial charge in [-0.3, -0.25) is 0 Å². The first-order valence-corrected chi connectivity index (χ1v) is 6.53. The fraction of sp³-hybridized carbons (Fsp3) is 0.467. The van der Waals surface area contributed by atoms with Crippen molar-refractivity contribution in [1.82, 2.24) is 9.47 Å². The summed E-state index contributed by atoms with van der Waals surface area (Å²) in [5.74, 6) is 0.341. The number of hydrogen-bond acceptors (Lipinski definition) is 3. The van der Waals surface area contributed by atoms with E-state index in [1.807, 2.05) is 19.1 Å². The Kier molecular flexibility index (Phi) is 4.12. The van der Waals surface area contributed by atoms with Crippen molar-refractivity contribution in [3.05, 3.63) is 30.0 Å². The second-order valence-electron chi connectivity index (χ2n) is 5.12. The Labute approximate surface area is 114 Å². The third kappa shape index (κ3) is 2.74. The maximum Gasteiger partial charge on any atom is 0.130 e. The SMILES string of the molecule is COC(C)n1cc(CCN(C)C)c2c(O)cccc21. The van der Waals surface area contributed by atoms with E-state index in [-0.39, 0.29) is 6.23 Å². The quantitative estimate of drug-likeness (QED) is 0.900. The van der Waals surface area contributed by atoms with Crippen molar-refractivity contribution in [2.75, 3.05) is 27.7 Å². The van der Waals surface area contributed by atoms with E-state index >= 15 is 0 Å². The van der Waals surface area contributed by atoms with E-state index in [2.05, 4.69) is 29.8 Å². The maximum atomic E-state index is 10.1. The van der Waals surface area contributed by atoms with Gasteiger partial charge >= 0.3 is 0 Å². The Balaban J connectivity index is 2.51. The number of aromatic nitrogens is 1. The zero-order chi connectivity index (χ0) is 14.0. The minimum Gasteiger partial charge on any atom is -0.507 e. The Morgan fingerprint density at radius 3 is 2.74 bits per heavy atom. The fourth-order valence-electron chi connectivity index (χ4n) is 2.32. The largest absolute Gasteiger partial charge is 0.507 e. The molecule has 104 valence electrons. The molecule has 4 heteroatoms. The molecule has 0 saturated heterocycles. The van der Waals surface area contributed by atoms with Crippen molar-refractivity contribution in [3.8, 4) is 5.75 Å². The van der Waals surface area contributed by atoms with Gasteiger partial charge in [0.05, 0.1) is 5.52 Å². The van der Waals surface area contributed by atoms with Crippen molar-refractivity contribution in [2.24, 2.45) is 0 Å². The van der Waals surface area contributed by atoms with E-state index in [1.165, 1.54) is 0 Å². The molecule has 0 amide bonds. The van der Waals surface area contributed by atoms with Gasteiger partial charge in [0.1, 0.15) is 12.0 Å². The number of fused-ring (bicyclic) bond motifs is 1. The van der Waals surface area contributed by atoms with E-state index in [4.69, 9.17) is 4.74 Å². The first kappa shape index (κ1) is 13.9. The molecule has 2 rings (SSSR count). The summed E-state index contributed by atoms with van der Waals surface area (Å²) in [4.78, 5) is 2.14. The van der Waals surface area contributed by atoms with Crippen LogP contribution in [0.15, 0.2) is 24.4 Å². The number of likely N-dealkylation sites (N-methyl/N-ethyl adjacent to an activating group) is 1. The summed E-state index contributed by atoms with van der Waals surface area (Å²) in [6.07, 6.45) is 2.95. The summed E-state index contributed by atoms with van der Waals surface area (Å²) < 4.78 is 7.46. The molecule has 19 heavy (non-hydrogen) atoms. The van der Waals surface area contributed by atoms with Gasteiger partial charge in [-0.2, -0.15) is 0 Å². The third-order valence-corrected chi connectivity index (χ3v) is 3.48. The first-order chi connectivity index (χ1) is 9.04.